The summed E-state index contributed by atoms with van der Waals surface area (Å²) in [6, 6.07) is -0.561. The first kappa shape index (κ1) is 19.7. The van der Waals surface area contributed by atoms with Crippen molar-refractivity contribution < 1.29 is 9.59 Å². The quantitative estimate of drug-likeness (QED) is 0.604. The molecule has 0 saturated heterocycles. The number of hydrogen-bond acceptors (Lipinski definition) is 7. The highest BCUT2D eigenvalue weighted by molar-refractivity contribution is 7.99. The molecule has 0 aliphatic heterocycles. The predicted octanol–water partition coefficient (Wildman–Crippen LogP) is 2.60. The van der Waals surface area contributed by atoms with E-state index in [4.69, 9.17) is 11.5 Å². The highest BCUT2D eigenvalue weighted by Gasteiger charge is 2.29. The van der Waals surface area contributed by atoms with E-state index in [1.165, 1.54) is 23.1 Å². The fraction of sp³-hybridized carbons (Fsp3) is 0.529. The lowest BCUT2D eigenvalue weighted by molar-refractivity contribution is -0.119. The molecule has 1 aliphatic rings. The van der Waals surface area contributed by atoms with E-state index in [0.717, 1.165) is 41.9 Å². The number of primary amides is 1. The topological polar surface area (TPSA) is 129 Å². The van der Waals surface area contributed by atoms with Gasteiger partial charge in [0.25, 0.3) is 5.91 Å². The molecule has 2 heterocycles. The molecule has 2 amide bonds. The molecule has 1 unspecified atom stereocenters. The van der Waals surface area contributed by atoms with Gasteiger partial charge >= 0.3 is 0 Å². The molecule has 0 saturated carbocycles. The Morgan fingerprint density at radius 2 is 2.04 bits per heavy atom. The number of fused-ring (bicyclic) bond motifs is 1. The van der Waals surface area contributed by atoms with Crippen molar-refractivity contribution in [3.05, 3.63) is 16.0 Å². The Morgan fingerprint density at radius 3 is 2.70 bits per heavy atom. The molecule has 0 radical (unpaired) electrons. The van der Waals surface area contributed by atoms with E-state index in [2.05, 4.69) is 15.5 Å². The number of thiophene rings is 1. The maximum absolute atomic E-state index is 13.0. The average molecular weight is 409 g/mol. The third kappa shape index (κ3) is 3.81. The fourth-order valence-corrected chi connectivity index (χ4v) is 5.42. The van der Waals surface area contributed by atoms with Crippen LogP contribution in [0.2, 0.25) is 0 Å². The number of hydrogen-bond donors (Lipinski definition) is 3. The Morgan fingerprint density at radius 1 is 1.30 bits per heavy atom. The van der Waals surface area contributed by atoms with Gasteiger partial charge in [0, 0.05) is 4.88 Å². The first-order chi connectivity index (χ1) is 13.0. The number of amides is 2. The van der Waals surface area contributed by atoms with E-state index < -0.39 is 11.9 Å². The fourth-order valence-electron chi connectivity index (χ4n) is 3.40. The normalized spacial score (nSPS) is 14.6. The zero-order valence-corrected chi connectivity index (χ0v) is 17.1. The molecular formula is C17H24N6O2S2. The Labute approximate surface area is 166 Å². The van der Waals surface area contributed by atoms with E-state index in [-0.39, 0.29) is 11.9 Å². The molecule has 10 heteroatoms. The number of nitrogens with zero attached hydrogens (tertiary/aromatic N) is 3. The summed E-state index contributed by atoms with van der Waals surface area (Å²) in [6.07, 6.45) is 4.38. The molecule has 2 aromatic rings. The number of nitrogen functional groups attached to an aromatic ring is 1. The minimum Gasteiger partial charge on any atom is -0.368 e. The molecular weight excluding hydrogens is 384 g/mol. The van der Waals surface area contributed by atoms with Crippen LogP contribution in [-0.2, 0) is 17.6 Å². The van der Waals surface area contributed by atoms with E-state index in [1.54, 1.807) is 4.57 Å². The Bertz CT molecular complexity index is 860. The van der Waals surface area contributed by atoms with Gasteiger partial charge < -0.3 is 16.8 Å². The van der Waals surface area contributed by atoms with Crippen molar-refractivity contribution in [1.82, 2.24) is 14.8 Å². The van der Waals surface area contributed by atoms with Gasteiger partial charge in [0.05, 0.1) is 5.56 Å². The van der Waals surface area contributed by atoms with Crippen LogP contribution in [0.5, 0.6) is 0 Å². The molecule has 146 valence electrons. The number of carbonyl (C=O) groups excluding carboxylic acids is 2. The average Bonchev–Trinajstić information content (AvgIpc) is 3.17. The van der Waals surface area contributed by atoms with Gasteiger partial charge in [-0.3, -0.25) is 14.2 Å². The third-order valence-corrected chi connectivity index (χ3v) is 6.65. The SMILES string of the molecule is CCSc1nnc(N)n1C(CC)C(=O)Nc1sc2c(c1C(N)=O)CCCC2. The lowest BCUT2D eigenvalue weighted by Gasteiger charge is -2.18. The molecule has 3 rings (SSSR count). The van der Waals surface area contributed by atoms with E-state index in [9.17, 15) is 9.59 Å². The predicted molar refractivity (Wildman–Crippen MR) is 108 cm³/mol. The zero-order chi connectivity index (χ0) is 19.6. The number of carbonyl (C=O) groups is 2. The Kier molecular flexibility index (Phi) is 6.05. The second-order valence-corrected chi connectivity index (χ2v) is 8.67. The number of anilines is 2. The summed E-state index contributed by atoms with van der Waals surface area (Å²) >= 11 is 2.93. The van der Waals surface area contributed by atoms with E-state index >= 15 is 0 Å². The van der Waals surface area contributed by atoms with E-state index in [1.807, 2.05) is 13.8 Å². The number of aryl methyl sites for hydroxylation is 1. The van der Waals surface area contributed by atoms with Crippen molar-refractivity contribution in [2.45, 2.75) is 57.1 Å². The van der Waals surface area contributed by atoms with Crippen molar-refractivity contribution >= 4 is 45.9 Å². The number of rotatable bonds is 7. The van der Waals surface area contributed by atoms with Gasteiger partial charge in [-0.25, -0.2) is 0 Å². The molecule has 0 bridgehead atoms. The molecule has 1 atom stereocenters. The van der Waals surface area contributed by atoms with Crippen molar-refractivity contribution in [3.63, 3.8) is 0 Å². The molecule has 27 heavy (non-hydrogen) atoms. The third-order valence-electron chi connectivity index (χ3n) is 4.62. The molecule has 1 aliphatic carbocycles. The van der Waals surface area contributed by atoms with Gasteiger partial charge in [0.1, 0.15) is 11.0 Å². The summed E-state index contributed by atoms with van der Waals surface area (Å²) in [4.78, 5) is 26.2. The zero-order valence-electron chi connectivity index (χ0n) is 15.4. The first-order valence-electron chi connectivity index (χ1n) is 9.06. The molecule has 2 aromatic heterocycles. The number of nitrogens with one attached hydrogen (secondary N) is 1. The van der Waals surface area contributed by atoms with Gasteiger partial charge in [-0.1, -0.05) is 25.6 Å². The maximum Gasteiger partial charge on any atom is 0.251 e. The highest BCUT2D eigenvalue weighted by Crippen LogP contribution is 2.38. The van der Waals surface area contributed by atoms with Gasteiger partial charge in [-0.05, 0) is 43.4 Å². The van der Waals surface area contributed by atoms with Crippen LogP contribution in [0.1, 0.15) is 60.0 Å². The van der Waals surface area contributed by atoms with Crippen molar-refractivity contribution in [2.24, 2.45) is 5.73 Å². The summed E-state index contributed by atoms with van der Waals surface area (Å²) in [5.74, 6) is 0.250. The summed E-state index contributed by atoms with van der Waals surface area (Å²) in [6.45, 7) is 3.90. The van der Waals surface area contributed by atoms with Crippen LogP contribution >= 0.6 is 23.1 Å². The monoisotopic (exact) mass is 408 g/mol. The molecule has 8 nitrogen and oxygen atoms in total. The maximum atomic E-state index is 13.0. The summed E-state index contributed by atoms with van der Waals surface area (Å²) in [7, 11) is 0. The van der Waals surface area contributed by atoms with Crippen LogP contribution in [0.15, 0.2) is 5.16 Å². The Balaban J connectivity index is 1.91. The second kappa shape index (κ2) is 8.30. The van der Waals surface area contributed by atoms with Crippen molar-refractivity contribution in [1.29, 1.82) is 0 Å². The molecule has 0 fully saturated rings. The van der Waals surface area contributed by atoms with Crippen molar-refractivity contribution in [3.8, 4) is 0 Å². The van der Waals surface area contributed by atoms with Gasteiger partial charge in [0.15, 0.2) is 5.16 Å². The van der Waals surface area contributed by atoms with Crippen LogP contribution in [-0.4, -0.2) is 32.3 Å². The van der Waals surface area contributed by atoms with Crippen LogP contribution < -0.4 is 16.8 Å². The first-order valence-corrected chi connectivity index (χ1v) is 10.9. The smallest absolute Gasteiger partial charge is 0.251 e. The standard InChI is InChI=1S/C17H24N6O2S2/c1-3-10(23-16(19)21-22-17(23)26-4-2)14(25)20-15-12(13(18)24)9-7-5-6-8-11(9)27-15/h10H,3-8H2,1-2H3,(H2,18,24)(H2,19,21)(H,20,25). The summed E-state index contributed by atoms with van der Waals surface area (Å²) < 4.78 is 1.65. The lowest BCUT2D eigenvalue weighted by atomic mass is 9.95. The molecule has 0 aromatic carbocycles. The van der Waals surface area contributed by atoms with Crippen LogP contribution in [0, 0.1) is 0 Å². The lowest BCUT2D eigenvalue weighted by Crippen LogP contribution is -2.28. The number of thioether (sulfide) groups is 1. The van der Waals surface area contributed by atoms with Crippen LogP contribution in [0.3, 0.4) is 0 Å². The molecule has 0 spiro atoms. The minimum atomic E-state index is -0.561. The largest absolute Gasteiger partial charge is 0.368 e. The second-order valence-electron chi connectivity index (χ2n) is 6.34. The highest BCUT2D eigenvalue weighted by atomic mass is 32.2. The van der Waals surface area contributed by atoms with Crippen molar-refractivity contribution in [2.75, 3.05) is 16.8 Å². The van der Waals surface area contributed by atoms with Crippen LogP contribution in [0.4, 0.5) is 10.9 Å². The number of aromatic nitrogens is 3. The number of nitrogens with two attached hydrogens (primary N) is 2. The summed E-state index contributed by atoms with van der Waals surface area (Å²) in [5.41, 5.74) is 13.0. The van der Waals surface area contributed by atoms with Gasteiger partial charge in [0.2, 0.25) is 11.9 Å². The van der Waals surface area contributed by atoms with Crippen LogP contribution in [0.25, 0.3) is 0 Å². The minimum absolute atomic E-state index is 0.202. The van der Waals surface area contributed by atoms with Gasteiger partial charge in [-0.2, -0.15) is 0 Å². The molecule has 5 N–H and O–H groups in total. The van der Waals surface area contributed by atoms with Gasteiger partial charge in [-0.15, -0.1) is 21.5 Å². The Hall–Kier alpha value is -2.07. The van der Waals surface area contributed by atoms with E-state index in [0.29, 0.717) is 22.1 Å². The summed E-state index contributed by atoms with van der Waals surface area (Å²) in [5, 5.41) is 12.0.